The molecule has 2 aromatic rings. The third-order valence-corrected chi connectivity index (χ3v) is 7.07. The van der Waals surface area contributed by atoms with Gasteiger partial charge in [-0.05, 0) is 43.7 Å². The molecule has 1 fully saturated rings. The van der Waals surface area contributed by atoms with Crippen molar-refractivity contribution in [2.75, 3.05) is 52.2 Å². The molecule has 0 bridgehead atoms. The van der Waals surface area contributed by atoms with Crippen molar-refractivity contribution in [2.24, 2.45) is 0 Å². The van der Waals surface area contributed by atoms with Crippen LogP contribution in [-0.2, 0) is 25.7 Å². The first-order chi connectivity index (χ1) is 17.4. The number of hydrogen-bond acceptors (Lipinski definition) is 6. The molecular formula is C27H35N3O5S. The molecule has 194 valence electrons. The van der Waals surface area contributed by atoms with Crippen molar-refractivity contribution in [1.82, 2.24) is 14.7 Å². The molecule has 0 N–H and O–H groups in total. The lowest BCUT2D eigenvalue weighted by atomic mass is 10.2. The number of carbonyl (C=O) groups excluding carboxylic acids is 3. The lowest BCUT2D eigenvalue weighted by Gasteiger charge is -2.26. The zero-order chi connectivity index (χ0) is 25.9. The van der Waals surface area contributed by atoms with Gasteiger partial charge in [-0.15, -0.1) is 11.8 Å². The van der Waals surface area contributed by atoms with Crippen LogP contribution in [-0.4, -0.2) is 90.7 Å². The highest BCUT2D eigenvalue weighted by molar-refractivity contribution is 8.00. The number of benzene rings is 2. The number of nitrogens with zero attached hydrogens (tertiary/aromatic N) is 3. The maximum atomic E-state index is 13.2. The molecule has 0 aromatic heterocycles. The second-order valence-corrected chi connectivity index (χ2v) is 9.55. The van der Waals surface area contributed by atoms with Gasteiger partial charge in [0.15, 0.2) is 0 Å². The highest BCUT2D eigenvalue weighted by Crippen LogP contribution is 2.20. The Morgan fingerprint density at radius 2 is 1.72 bits per heavy atom. The second-order valence-electron chi connectivity index (χ2n) is 8.50. The van der Waals surface area contributed by atoms with E-state index in [1.54, 1.807) is 21.8 Å². The summed E-state index contributed by atoms with van der Waals surface area (Å²) in [6, 6.07) is 17.2. The van der Waals surface area contributed by atoms with Gasteiger partial charge in [0.25, 0.3) is 0 Å². The molecule has 3 amide bonds. The van der Waals surface area contributed by atoms with Crippen molar-refractivity contribution in [2.45, 2.75) is 31.4 Å². The molecule has 1 heterocycles. The van der Waals surface area contributed by atoms with E-state index in [0.717, 1.165) is 16.2 Å². The maximum absolute atomic E-state index is 13.2. The van der Waals surface area contributed by atoms with Crippen LogP contribution in [0.1, 0.15) is 19.4 Å². The van der Waals surface area contributed by atoms with Crippen LogP contribution in [0.3, 0.4) is 0 Å². The number of ether oxygens (including phenoxy) is 2. The zero-order valence-corrected chi connectivity index (χ0v) is 22.0. The fourth-order valence-electron chi connectivity index (χ4n) is 3.99. The quantitative estimate of drug-likeness (QED) is 0.430. The van der Waals surface area contributed by atoms with Crippen LogP contribution in [0, 0.1) is 0 Å². The van der Waals surface area contributed by atoms with E-state index in [-0.39, 0.29) is 43.2 Å². The molecule has 8 nitrogen and oxygen atoms in total. The van der Waals surface area contributed by atoms with Gasteiger partial charge in [0.2, 0.25) is 17.7 Å². The fraction of sp³-hybridized carbons (Fsp3) is 0.444. The zero-order valence-electron chi connectivity index (χ0n) is 21.2. The van der Waals surface area contributed by atoms with Crippen LogP contribution < -0.4 is 4.74 Å². The molecule has 1 aliphatic rings. The van der Waals surface area contributed by atoms with Gasteiger partial charge in [0.1, 0.15) is 12.4 Å². The van der Waals surface area contributed by atoms with Gasteiger partial charge in [0, 0.05) is 37.6 Å². The van der Waals surface area contributed by atoms with E-state index in [4.69, 9.17) is 9.47 Å². The average Bonchev–Trinajstić information content (AvgIpc) is 3.06. The summed E-state index contributed by atoms with van der Waals surface area (Å²) in [4.78, 5) is 44.7. The predicted molar refractivity (Wildman–Crippen MR) is 140 cm³/mol. The van der Waals surface area contributed by atoms with Crippen LogP contribution in [0.15, 0.2) is 59.5 Å². The van der Waals surface area contributed by atoms with Gasteiger partial charge < -0.3 is 24.2 Å². The normalized spacial score (nSPS) is 16.0. The number of likely N-dealkylation sites (N-methyl/N-ethyl adjacent to an activating group) is 1. The van der Waals surface area contributed by atoms with Gasteiger partial charge in [-0.1, -0.05) is 30.3 Å². The minimum absolute atomic E-state index is 0.0197. The lowest BCUT2D eigenvalue weighted by Crippen LogP contribution is -2.42. The van der Waals surface area contributed by atoms with Crippen molar-refractivity contribution in [3.05, 3.63) is 60.2 Å². The lowest BCUT2D eigenvalue weighted by molar-refractivity contribution is -0.139. The van der Waals surface area contributed by atoms with Crippen LogP contribution in [0.2, 0.25) is 0 Å². The van der Waals surface area contributed by atoms with Gasteiger partial charge in [-0.2, -0.15) is 0 Å². The fourth-order valence-corrected chi connectivity index (χ4v) is 4.81. The third kappa shape index (κ3) is 7.99. The Balaban J connectivity index is 1.71. The molecule has 0 aliphatic carbocycles. The van der Waals surface area contributed by atoms with Gasteiger partial charge in [0.05, 0.1) is 25.5 Å². The third-order valence-electron chi connectivity index (χ3n) is 6.08. The second kappa shape index (κ2) is 13.9. The number of carbonyl (C=O) groups is 3. The SMILES string of the molecule is CCN(CC)C(=O)CO[C@H]1CN(C(=O)CSc2ccccc2)CC(=O)N(Cc2ccc(OC)cc2)C1. The Kier molecular flexibility index (Phi) is 10.6. The number of amides is 3. The molecule has 1 atom stereocenters. The predicted octanol–water partition coefficient (Wildman–Crippen LogP) is 2.91. The largest absolute Gasteiger partial charge is 0.497 e. The summed E-state index contributed by atoms with van der Waals surface area (Å²) >= 11 is 1.44. The van der Waals surface area contributed by atoms with Crippen LogP contribution in [0.5, 0.6) is 5.75 Å². The van der Waals surface area contributed by atoms with Gasteiger partial charge in [-0.3, -0.25) is 14.4 Å². The summed E-state index contributed by atoms with van der Waals surface area (Å²) in [6.07, 6.45) is -0.472. The van der Waals surface area contributed by atoms with E-state index in [1.807, 2.05) is 68.4 Å². The molecule has 0 spiro atoms. The van der Waals surface area contributed by atoms with E-state index < -0.39 is 6.10 Å². The smallest absolute Gasteiger partial charge is 0.248 e. The maximum Gasteiger partial charge on any atom is 0.248 e. The van der Waals surface area contributed by atoms with E-state index >= 15 is 0 Å². The summed E-state index contributed by atoms with van der Waals surface area (Å²) in [6.45, 7) is 5.88. The van der Waals surface area contributed by atoms with Crippen molar-refractivity contribution < 1.29 is 23.9 Å². The Morgan fingerprint density at radius 1 is 1.03 bits per heavy atom. The van der Waals surface area contributed by atoms with Crippen LogP contribution >= 0.6 is 11.8 Å². The summed E-state index contributed by atoms with van der Waals surface area (Å²) < 4.78 is 11.2. The van der Waals surface area contributed by atoms with Gasteiger partial charge in [-0.25, -0.2) is 0 Å². The molecule has 1 saturated heterocycles. The molecule has 3 rings (SSSR count). The molecule has 36 heavy (non-hydrogen) atoms. The highest BCUT2D eigenvalue weighted by Gasteiger charge is 2.31. The van der Waals surface area contributed by atoms with E-state index in [0.29, 0.717) is 26.2 Å². The Labute approximate surface area is 217 Å². The van der Waals surface area contributed by atoms with E-state index in [2.05, 4.69) is 0 Å². The topological polar surface area (TPSA) is 79.4 Å². The Morgan fingerprint density at radius 3 is 2.36 bits per heavy atom. The van der Waals surface area contributed by atoms with E-state index in [1.165, 1.54) is 11.8 Å². The standard InChI is InChI=1S/C27H35N3O5S/c1-4-28(5-2)26(32)19-35-23-16-29(15-21-11-13-22(34-3)14-12-21)25(31)18-30(17-23)27(33)20-36-24-9-7-6-8-10-24/h6-14,23H,4-5,15-20H2,1-3H3/t23-/m1/s1. The van der Waals surface area contributed by atoms with Crippen LogP contribution in [0.4, 0.5) is 0 Å². The molecule has 0 radical (unpaired) electrons. The summed E-state index contributed by atoms with van der Waals surface area (Å²) in [7, 11) is 1.61. The van der Waals surface area contributed by atoms with E-state index in [9.17, 15) is 14.4 Å². The number of rotatable bonds is 11. The van der Waals surface area contributed by atoms with Crippen molar-refractivity contribution >= 4 is 29.5 Å². The number of methoxy groups -OCH3 is 1. The first kappa shape index (κ1) is 27.5. The summed E-state index contributed by atoms with van der Waals surface area (Å²) in [5, 5.41) is 0. The minimum atomic E-state index is -0.472. The molecule has 0 saturated carbocycles. The summed E-state index contributed by atoms with van der Waals surface area (Å²) in [5.74, 6) is 0.581. The molecule has 0 unspecified atom stereocenters. The minimum Gasteiger partial charge on any atom is -0.497 e. The van der Waals surface area contributed by atoms with Crippen molar-refractivity contribution in [3.8, 4) is 5.75 Å². The Bertz CT molecular complexity index is 998. The van der Waals surface area contributed by atoms with Crippen LogP contribution in [0.25, 0.3) is 0 Å². The highest BCUT2D eigenvalue weighted by atomic mass is 32.2. The number of hydrogen-bond donors (Lipinski definition) is 0. The first-order valence-electron chi connectivity index (χ1n) is 12.2. The average molecular weight is 514 g/mol. The monoisotopic (exact) mass is 513 g/mol. The molecule has 1 aliphatic heterocycles. The number of thioether (sulfide) groups is 1. The Hall–Kier alpha value is -3.04. The van der Waals surface area contributed by atoms with Crippen molar-refractivity contribution in [1.29, 1.82) is 0 Å². The molecular weight excluding hydrogens is 478 g/mol. The van der Waals surface area contributed by atoms with Crippen molar-refractivity contribution in [3.63, 3.8) is 0 Å². The molecule has 2 aromatic carbocycles. The summed E-state index contributed by atoms with van der Waals surface area (Å²) in [5.41, 5.74) is 0.946. The molecule has 9 heteroatoms. The first-order valence-corrected chi connectivity index (χ1v) is 13.2. The van der Waals surface area contributed by atoms with Gasteiger partial charge >= 0.3 is 0 Å².